The van der Waals surface area contributed by atoms with Crippen molar-refractivity contribution in [2.24, 2.45) is 0 Å². The fourth-order valence-corrected chi connectivity index (χ4v) is 3.95. The summed E-state index contributed by atoms with van der Waals surface area (Å²) in [7, 11) is 1.59. The van der Waals surface area contributed by atoms with Crippen LogP contribution in [0.25, 0.3) is 22.1 Å². The molecule has 0 spiro atoms. The third-order valence-electron chi connectivity index (χ3n) is 5.43. The molecule has 5 rings (SSSR count). The molecule has 5 nitrogen and oxygen atoms in total. The zero-order chi connectivity index (χ0) is 20.5. The molecule has 1 aromatic heterocycles. The Morgan fingerprint density at radius 2 is 1.77 bits per heavy atom. The molecule has 1 aliphatic heterocycles. The molecule has 0 bridgehead atoms. The molecule has 0 N–H and O–H groups in total. The number of nitrogens with zero attached hydrogens (tertiary/aromatic N) is 1. The quantitative estimate of drug-likeness (QED) is 0.492. The van der Waals surface area contributed by atoms with Crippen LogP contribution >= 0.6 is 0 Å². The van der Waals surface area contributed by atoms with Gasteiger partial charge in [0, 0.05) is 18.7 Å². The average molecular weight is 399 g/mol. The van der Waals surface area contributed by atoms with Crippen LogP contribution in [0.4, 0.5) is 0 Å². The second kappa shape index (κ2) is 7.69. The molecule has 0 saturated heterocycles. The molecule has 0 atom stereocenters. The normalized spacial score (nSPS) is 13.6. The molecule has 1 aliphatic rings. The largest absolute Gasteiger partial charge is 0.496 e. The lowest BCUT2D eigenvalue weighted by atomic mass is 10.0. The number of para-hydroxylation sites is 1. The van der Waals surface area contributed by atoms with Crippen molar-refractivity contribution in [3.8, 4) is 22.6 Å². The van der Waals surface area contributed by atoms with Gasteiger partial charge in [-0.3, -0.25) is 9.69 Å². The van der Waals surface area contributed by atoms with Gasteiger partial charge < -0.3 is 13.9 Å². The molecule has 30 heavy (non-hydrogen) atoms. The highest BCUT2D eigenvalue weighted by Crippen LogP contribution is 2.34. The number of ether oxygens (including phenoxy) is 2. The first-order chi connectivity index (χ1) is 14.7. The Labute approximate surface area is 174 Å². The standard InChI is InChI=1S/C25H21NO4/c1-28-22-10-6-5-9-18(22)21-15-29-25-19(24(21)27)11-12-23-20(25)14-26(16-30-23)13-17-7-3-2-4-8-17/h2-12,15H,13-14,16H2,1H3. The van der Waals surface area contributed by atoms with Gasteiger partial charge in [-0.1, -0.05) is 48.5 Å². The molecule has 0 fully saturated rings. The third kappa shape index (κ3) is 3.23. The van der Waals surface area contributed by atoms with Gasteiger partial charge in [-0.05, 0) is 23.8 Å². The van der Waals surface area contributed by atoms with E-state index >= 15 is 0 Å². The lowest BCUT2D eigenvalue weighted by Gasteiger charge is -2.29. The number of hydrogen-bond donors (Lipinski definition) is 0. The van der Waals surface area contributed by atoms with Crippen LogP contribution in [-0.4, -0.2) is 18.7 Å². The fourth-order valence-electron chi connectivity index (χ4n) is 3.95. The Kier molecular flexibility index (Phi) is 4.73. The molecule has 3 aromatic carbocycles. The Balaban J connectivity index is 1.55. The molecule has 0 radical (unpaired) electrons. The molecule has 5 heteroatoms. The molecule has 2 heterocycles. The first-order valence-electron chi connectivity index (χ1n) is 9.84. The molecule has 0 amide bonds. The summed E-state index contributed by atoms with van der Waals surface area (Å²) in [5, 5.41) is 0.544. The van der Waals surface area contributed by atoms with Crippen LogP contribution in [0.3, 0.4) is 0 Å². The Bertz CT molecular complexity index is 1260. The molecule has 0 saturated carbocycles. The van der Waals surface area contributed by atoms with E-state index in [0.29, 0.717) is 35.6 Å². The summed E-state index contributed by atoms with van der Waals surface area (Å²) in [4.78, 5) is 15.5. The molecule has 4 aromatic rings. The second-order valence-corrected chi connectivity index (χ2v) is 7.34. The molecular weight excluding hydrogens is 378 g/mol. The van der Waals surface area contributed by atoms with Crippen LogP contribution in [0, 0.1) is 0 Å². The van der Waals surface area contributed by atoms with E-state index < -0.39 is 0 Å². The number of fused-ring (bicyclic) bond motifs is 3. The van der Waals surface area contributed by atoms with Crippen molar-refractivity contribution in [1.29, 1.82) is 0 Å². The summed E-state index contributed by atoms with van der Waals surface area (Å²) in [5.41, 5.74) is 3.81. The van der Waals surface area contributed by atoms with E-state index in [9.17, 15) is 4.79 Å². The lowest BCUT2D eigenvalue weighted by molar-refractivity contribution is 0.0890. The number of hydrogen-bond acceptors (Lipinski definition) is 5. The highest BCUT2D eigenvalue weighted by atomic mass is 16.5. The van der Waals surface area contributed by atoms with Crippen LogP contribution in [0.1, 0.15) is 11.1 Å². The van der Waals surface area contributed by atoms with Gasteiger partial charge in [0.25, 0.3) is 0 Å². The monoisotopic (exact) mass is 399 g/mol. The summed E-state index contributed by atoms with van der Waals surface area (Å²) in [5.74, 6) is 1.40. The van der Waals surface area contributed by atoms with Crippen LogP contribution in [0.2, 0.25) is 0 Å². The van der Waals surface area contributed by atoms with E-state index in [0.717, 1.165) is 23.4 Å². The van der Waals surface area contributed by atoms with Gasteiger partial charge in [0.2, 0.25) is 5.43 Å². The van der Waals surface area contributed by atoms with Gasteiger partial charge >= 0.3 is 0 Å². The van der Waals surface area contributed by atoms with Gasteiger partial charge in [-0.15, -0.1) is 0 Å². The Morgan fingerprint density at radius 3 is 2.60 bits per heavy atom. The van der Waals surface area contributed by atoms with Crippen LogP contribution < -0.4 is 14.9 Å². The van der Waals surface area contributed by atoms with Gasteiger partial charge in [0.1, 0.15) is 30.1 Å². The summed E-state index contributed by atoms with van der Waals surface area (Å²) in [6, 6.07) is 21.4. The zero-order valence-corrected chi connectivity index (χ0v) is 16.6. The maximum absolute atomic E-state index is 13.3. The fraction of sp³-hybridized carbons (Fsp3) is 0.160. The van der Waals surface area contributed by atoms with Crippen molar-refractivity contribution in [1.82, 2.24) is 4.90 Å². The molecule has 0 aliphatic carbocycles. The Morgan fingerprint density at radius 1 is 0.967 bits per heavy atom. The predicted molar refractivity (Wildman–Crippen MR) is 116 cm³/mol. The van der Waals surface area contributed by atoms with Crippen LogP contribution in [0.5, 0.6) is 11.5 Å². The predicted octanol–water partition coefficient (Wildman–Crippen LogP) is 4.82. The van der Waals surface area contributed by atoms with E-state index in [-0.39, 0.29) is 5.43 Å². The van der Waals surface area contributed by atoms with Gasteiger partial charge in [0.05, 0.1) is 23.6 Å². The third-order valence-corrected chi connectivity index (χ3v) is 5.43. The zero-order valence-electron chi connectivity index (χ0n) is 16.6. The second-order valence-electron chi connectivity index (χ2n) is 7.34. The first-order valence-corrected chi connectivity index (χ1v) is 9.84. The minimum absolute atomic E-state index is 0.0799. The van der Waals surface area contributed by atoms with E-state index in [1.807, 2.05) is 48.5 Å². The number of rotatable bonds is 4. The van der Waals surface area contributed by atoms with Crippen molar-refractivity contribution in [3.63, 3.8) is 0 Å². The van der Waals surface area contributed by atoms with Crippen molar-refractivity contribution < 1.29 is 13.9 Å². The van der Waals surface area contributed by atoms with Crippen molar-refractivity contribution in [2.75, 3.05) is 13.8 Å². The minimum Gasteiger partial charge on any atom is -0.496 e. The summed E-state index contributed by atoms with van der Waals surface area (Å²) < 4.78 is 17.4. The first kappa shape index (κ1) is 18.5. The van der Waals surface area contributed by atoms with Gasteiger partial charge in [-0.25, -0.2) is 0 Å². The van der Waals surface area contributed by atoms with Gasteiger partial charge in [-0.2, -0.15) is 0 Å². The van der Waals surface area contributed by atoms with Crippen molar-refractivity contribution >= 4 is 11.0 Å². The Hall–Kier alpha value is -3.57. The topological polar surface area (TPSA) is 51.9 Å². The van der Waals surface area contributed by atoms with E-state index in [4.69, 9.17) is 13.9 Å². The molecule has 0 unspecified atom stereocenters. The van der Waals surface area contributed by atoms with Crippen LogP contribution in [0.15, 0.2) is 82.2 Å². The highest BCUT2D eigenvalue weighted by Gasteiger charge is 2.23. The summed E-state index contributed by atoms with van der Waals surface area (Å²) >= 11 is 0. The summed E-state index contributed by atoms with van der Waals surface area (Å²) in [6.45, 7) is 1.91. The minimum atomic E-state index is -0.0799. The highest BCUT2D eigenvalue weighted by molar-refractivity contribution is 5.86. The van der Waals surface area contributed by atoms with E-state index in [2.05, 4.69) is 17.0 Å². The van der Waals surface area contributed by atoms with E-state index in [1.165, 1.54) is 11.8 Å². The molecular formula is C25H21NO4. The van der Waals surface area contributed by atoms with Crippen molar-refractivity contribution in [2.45, 2.75) is 13.1 Å². The number of benzene rings is 3. The average Bonchev–Trinajstić information content (AvgIpc) is 2.80. The maximum atomic E-state index is 13.3. The van der Waals surface area contributed by atoms with Crippen molar-refractivity contribution in [3.05, 3.63) is 94.3 Å². The molecule has 150 valence electrons. The lowest BCUT2D eigenvalue weighted by Crippen LogP contribution is -2.31. The van der Waals surface area contributed by atoms with E-state index in [1.54, 1.807) is 13.2 Å². The van der Waals surface area contributed by atoms with Crippen LogP contribution in [-0.2, 0) is 13.1 Å². The SMILES string of the molecule is COc1ccccc1-c1coc2c3c(ccc2c1=O)OCN(Cc1ccccc1)C3. The smallest absolute Gasteiger partial charge is 0.200 e. The van der Waals surface area contributed by atoms with Gasteiger partial charge in [0.15, 0.2) is 0 Å². The number of methoxy groups -OCH3 is 1. The maximum Gasteiger partial charge on any atom is 0.200 e. The summed E-state index contributed by atoms with van der Waals surface area (Å²) in [6.07, 6.45) is 1.53.